The summed E-state index contributed by atoms with van der Waals surface area (Å²) >= 11 is 0. The molecule has 0 aliphatic heterocycles. The molecule has 0 spiro atoms. The smallest absolute Gasteiger partial charge is 0.276 e. The minimum absolute atomic E-state index is 0.0600. The van der Waals surface area contributed by atoms with Gasteiger partial charge in [0.1, 0.15) is 5.69 Å². The van der Waals surface area contributed by atoms with Crippen molar-refractivity contribution >= 4 is 27.8 Å². The Labute approximate surface area is 177 Å². The van der Waals surface area contributed by atoms with Gasteiger partial charge in [-0.1, -0.05) is 12.1 Å². The molecule has 0 atom stereocenters. The van der Waals surface area contributed by atoms with Crippen molar-refractivity contribution in [1.82, 2.24) is 4.57 Å². The number of nitrogens with zero attached hydrogens (tertiary/aromatic N) is 2. The van der Waals surface area contributed by atoms with E-state index in [4.69, 9.17) is 6.57 Å². The van der Waals surface area contributed by atoms with Gasteiger partial charge < -0.3 is 5.11 Å². The van der Waals surface area contributed by atoms with E-state index >= 15 is 0 Å². The fourth-order valence-electron chi connectivity index (χ4n) is 3.65. The first-order valence-corrected chi connectivity index (χ1v) is 9.24. The molecule has 1 heterocycles. The second-order valence-corrected chi connectivity index (χ2v) is 7.10. The number of hydrazine groups is 1. The summed E-state index contributed by atoms with van der Waals surface area (Å²) in [5.41, 5.74) is 1.75. The molecule has 10 nitrogen and oxygen atoms in total. The van der Waals surface area contributed by atoms with Crippen LogP contribution in [0.25, 0.3) is 15.6 Å². The van der Waals surface area contributed by atoms with Crippen molar-refractivity contribution in [3.63, 3.8) is 0 Å². The van der Waals surface area contributed by atoms with Crippen LogP contribution in [0.3, 0.4) is 0 Å². The maximum absolute atomic E-state index is 13.1. The molecule has 0 unspecified atom stereocenters. The van der Waals surface area contributed by atoms with E-state index in [0.29, 0.717) is 0 Å². The molecule has 10 heteroatoms. The van der Waals surface area contributed by atoms with Gasteiger partial charge in [-0.15, -0.1) is 0 Å². The number of hydrogen-bond donors (Lipinski definition) is 3. The molecule has 2 aliphatic carbocycles. The van der Waals surface area contributed by atoms with Crippen LogP contribution in [0, 0.1) is 23.9 Å². The summed E-state index contributed by atoms with van der Waals surface area (Å²) < 4.78 is 0.884. The Hall–Kier alpha value is -4.78. The summed E-state index contributed by atoms with van der Waals surface area (Å²) in [6.07, 6.45) is 0. The fraction of sp³-hybridized carbons (Fsp3) is 0.0909. The SMILES string of the molecule is [C-]#[N+]c1c(C)c(NNc2cccc3c(=O)c4c(=O)ccc(=O)c=4c(=O)c23)c(=O)n(C)c1O. The average Bonchev–Trinajstić information content (AvgIpc) is 2.77. The van der Waals surface area contributed by atoms with Crippen molar-refractivity contribution in [1.29, 1.82) is 0 Å². The predicted molar refractivity (Wildman–Crippen MR) is 118 cm³/mol. The number of hydrogen-bond acceptors (Lipinski definition) is 8. The minimum atomic E-state index is -0.792. The zero-order valence-corrected chi connectivity index (χ0v) is 16.8. The highest BCUT2D eigenvalue weighted by molar-refractivity contribution is 5.94. The third-order valence-corrected chi connectivity index (χ3v) is 5.33. The Morgan fingerprint density at radius 2 is 1.56 bits per heavy atom. The fourth-order valence-corrected chi connectivity index (χ4v) is 3.65. The monoisotopic (exact) mass is 430 g/mol. The van der Waals surface area contributed by atoms with Gasteiger partial charge in [-0.25, -0.2) is 4.85 Å². The third kappa shape index (κ3) is 2.76. The largest absolute Gasteiger partial charge is 0.503 e. The first-order chi connectivity index (χ1) is 15.2. The molecular formula is C22H14N4O6. The molecule has 0 bridgehead atoms. The molecule has 158 valence electrons. The Kier molecular flexibility index (Phi) is 4.59. The number of rotatable bonds is 3. The van der Waals surface area contributed by atoms with Gasteiger partial charge in [0, 0.05) is 12.4 Å². The molecule has 2 aliphatic rings. The van der Waals surface area contributed by atoms with Crippen molar-refractivity contribution in [2.75, 3.05) is 10.9 Å². The minimum Gasteiger partial charge on any atom is -0.503 e. The van der Waals surface area contributed by atoms with E-state index in [-0.39, 0.29) is 33.4 Å². The number of benzene rings is 1. The van der Waals surface area contributed by atoms with Gasteiger partial charge in [0.15, 0.2) is 22.2 Å². The lowest BCUT2D eigenvalue weighted by molar-refractivity contribution is 0.427. The van der Waals surface area contributed by atoms with E-state index in [9.17, 15) is 29.1 Å². The highest BCUT2D eigenvalue weighted by atomic mass is 16.3. The summed E-state index contributed by atoms with van der Waals surface area (Å²) in [5, 5.41) is 8.87. The molecule has 32 heavy (non-hydrogen) atoms. The highest BCUT2D eigenvalue weighted by Crippen LogP contribution is 2.32. The summed E-state index contributed by atoms with van der Waals surface area (Å²) in [7, 11) is 1.29. The zero-order chi connectivity index (χ0) is 23.3. The van der Waals surface area contributed by atoms with Gasteiger partial charge in [0.05, 0.1) is 28.1 Å². The lowest BCUT2D eigenvalue weighted by Crippen LogP contribution is -2.29. The third-order valence-electron chi connectivity index (χ3n) is 5.33. The number of aromatic hydroxyl groups is 1. The Bertz CT molecular complexity index is 1830. The Morgan fingerprint density at radius 1 is 0.938 bits per heavy atom. The highest BCUT2D eigenvalue weighted by Gasteiger charge is 2.19. The Balaban J connectivity index is 1.98. The summed E-state index contributed by atoms with van der Waals surface area (Å²) in [5.74, 6) is -0.487. The second kappa shape index (κ2) is 7.17. The maximum atomic E-state index is 13.1. The average molecular weight is 430 g/mol. The van der Waals surface area contributed by atoms with Crippen LogP contribution in [-0.2, 0) is 7.05 Å². The van der Waals surface area contributed by atoms with Gasteiger partial charge in [-0.05, 0) is 30.7 Å². The number of nitrogens with one attached hydrogen (secondary N) is 2. The van der Waals surface area contributed by atoms with Crippen LogP contribution in [0.1, 0.15) is 5.56 Å². The number of anilines is 2. The van der Waals surface area contributed by atoms with E-state index in [1.54, 1.807) is 0 Å². The van der Waals surface area contributed by atoms with E-state index in [0.717, 1.165) is 16.7 Å². The lowest BCUT2D eigenvalue weighted by Gasteiger charge is -2.16. The van der Waals surface area contributed by atoms with Crippen LogP contribution in [0.15, 0.2) is 54.3 Å². The summed E-state index contributed by atoms with van der Waals surface area (Å²) in [6.45, 7) is 8.69. The topological polar surface area (TPSA) is 139 Å². The molecule has 0 saturated carbocycles. The van der Waals surface area contributed by atoms with Gasteiger partial charge >= 0.3 is 0 Å². The molecule has 0 saturated heterocycles. The van der Waals surface area contributed by atoms with Crippen LogP contribution in [0.2, 0.25) is 0 Å². The van der Waals surface area contributed by atoms with Gasteiger partial charge in [0.2, 0.25) is 11.1 Å². The first-order valence-electron chi connectivity index (χ1n) is 9.24. The first kappa shape index (κ1) is 20.5. The predicted octanol–water partition coefficient (Wildman–Crippen LogP) is 0.583. The van der Waals surface area contributed by atoms with Crippen molar-refractivity contribution in [2.24, 2.45) is 7.05 Å². The van der Waals surface area contributed by atoms with Gasteiger partial charge in [-0.3, -0.25) is 39.4 Å². The maximum Gasteiger partial charge on any atom is 0.276 e. The van der Waals surface area contributed by atoms with Crippen molar-refractivity contribution in [3.05, 3.63) is 109 Å². The molecule has 0 radical (unpaired) electrons. The van der Waals surface area contributed by atoms with Crippen LogP contribution >= 0.6 is 0 Å². The Morgan fingerprint density at radius 3 is 2.19 bits per heavy atom. The van der Waals surface area contributed by atoms with Gasteiger partial charge in [-0.2, -0.15) is 0 Å². The molecule has 0 amide bonds. The number of pyridine rings is 1. The van der Waals surface area contributed by atoms with E-state index < -0.39 is 43.6 Å². The van der Waals surface area contributed by atoms with Crippen molar-refractivity contribution in [3.8, 4) is 5.88 Å². The van der Waals surface area contributed by atoms with Crippen molar-refractivity contribution in [2.45, 2.75) is 6.92 Å². The number of fused-ring (bicyclic) bond motifs is 1. The van der Waals surface area contributed by atoms with E-state index in [2.05, 4.69) is 15.7 Å². The molecule has 1 aromatic carbocycles. The summed E-state index contributed by atoms with van der Waals surface area (Å²) in [4.78, 5) is 66.2. The van der Waals surface area contributed by atoms with E-state index in [1.807, 2.05) is 0 Å². The zero-order valence-electron chi connectivity index (χ0n) is 16.8. The van der Waals surface area contributed by atoms with Crippen LogP contribution in [0.4, 0.5) is 17.1 Å². The molecule has 4 rings (SSSR count). The lowest BCUT2D eigenvalue weighted by atomic mass is 10.0. The molecule has 1 aromatic heterocycles. The van der Waals surface area contributed by atoms with E-state index in [1.165, 1.54) is 32.2 Å². The van der Waals surface area contributed by atoms with Crippen LogP contribution < -0.4 is 38.1 Å². The van der Waals surface area contributed by atoms with Crippen LogP contribution in [-0.4, -0.2) is 9.67 Å². The van der Waals surface area contributed by atoms with Crippen LogP contribution in [0.5, 0.6) is 5.88 Å². The second-order valence-electron chi connectivity index (χ2n) is 7.10. The standard InChI is InChI=1S/C22H14N4O6/c1-9-17(23-2)21(31)26(3)22(32)18(9)25-24-11-6-4-5-10-14(11)20(30)16-13(28)8-7-12(27)15(16)19(10)29/h4-8,24-25,31H,1,3H3. The quantitative estimate of drug-likeness (QED) is 0.317. The molecule has 3 N–H and O–H groups in total. The molecule has 0 fully saturated rings. The van der Waals surface area contributed by atoms with Gasteiger partial charge in [0.25, 0.3) is 5.56 Å². The number of aromatic nitrogens is 1. The molecular weight excluding hydrogens is 416 g/mol. The molecule has 2 aromatic rings. The van der Waals surface area contributed by atoms with Crippen molar-refractivity contribution < 1.29 is 5.11 Å². The summed E-state index contributed by atoms with van der Waals surface area (Å²) in [6, 6.07) is 6.18. The normalized spacial score (nSPS) is 10.9.